The Labute approximate surface area is 67.8 Å². The molecule has 0 aliphatic heterocycles. The third kappa shape index (κ3) is 3.06. The SMILES string of the molecule is CCN(CC)C(=S)CS. The summed E-state index contributed by atoms with van der Waals surface area (Å²) in [6, 6.07) is 0. The van der Waals surface area contributed by atoms with Gasteiger partial charge in [-0.3, -0.25) is 0 Å². The molecule has 0 N–H and O–H groups in total. The van der Waals surface area contributed by atoms with Crippen LogP contribution >= 0.6 is 24.8 Å². The topological polar surface area (TPSA) is 3.24 Å². The summed E-state index contributed by atoms with van der Waals surface area (Å²) in [5, 5.41) is 0. The van der Waals surface area contributed by atoms with Crippen LogP contribution in [0.25, 0.3) is 0 Å². The maximum Gasteiger partial charge on any atom is 0.0876 e. The van der Waals surface area contributed by atoms with Gasteiger partial charge in [0.25, 0.3) is 0 Å². The number of rotatable bonds is 3. The average Bonchev–Trinajstić information content (AvgIpc) is 1.90. The van der Waals surface area contributed by atoms with Gasteiger partial charge in [-0.25, -0.2) is 0 Å². The molecule has 0 unspecified atom stereocenters. The summed E-state index contributed by atoms with van der Waals surface area (Å²) >= 11 is 9.10. The normalized spacial score (nSPS) is 9.22. The molecule has 0 aliphatic rings. The van der Waals surface area contributed by atoms with E-state index in [0.29, 0.717) is 5.75 Å². The Kier molecular flexibility index (Phi) is 5.19. The Balaban J connectivity index is 3.64. The first kappa shape index (κ1) is 9.24. The smallest absolute Gasteiger partial charge is 0.0876 e. The number of hydrogen-bond donors (Lipinski definition) is 1. The highest BCUT2D eigenvalue weighted by molar-refractivity contribution is 7.86. The fourth-order valence-corrected chi connectivity index (χ4v) is 1.13. The maximum absolute atomic E-state index is 5.02. The van der Waals surface area contributed by atoms with Gasteiger partial charge in [-0.1, -0.05) is 12.2 Å². The van der Waals surface area contributed by atoms with E-state index in [-0.39, 0.29) is 0 Å². The zero-order valence-corrected chi connectivity index (χ0v) is 7.63. The van der Waals surface area contributed by atoms with Gasteiger partial charge in [-0.05, 0) is 13.8 Å². The van der Waals surface area contributed by atoms with Crippen LogP contribution in [0.5, 0.6) is 0 Å². The molecule has 0 aromatic carbocycles. The van der Waals surface area contributed by atoms with E-state index in [4.69, 9.17) is 12.2 Å². The van der Waals surface area contributed by atoms with Crippen molar-refractivity contribution in [2.45, 2.75) is 13.8 Å². The first-order chi connectivity index (χ1) is 4.26. The van der Waals surface area contributed by atoms with Gasteiger partial charge in [0.15, 0.2) is 0 Å². The third-order valence-electron chi connectivity index (χ3n) is 1.25. The fourth-order valence-electron chi connectivity index (χ4n) is 0.676. The molecule has 0 saturated heterocycles. The van der Waals surface area contributed by atoms with E-state index in [0.717, 1.165) is 18.1 Å². The molecule has 9 heavy (non-hydrogen) atoms. The minimum absolute atomic E-state index is 0.691. The van der Waals surface area contributed by atoms with Gasteiger partial charge in [0, 0.05) is 18.8 Å². The lowest BCUT2D eigenvalue weighted by atomic mass is 10.5. The van der Waals surface area contributed by atoms with Crippen molar-refractivity contribution in [2.24, 2.45) is 0 Å². The molecule has 0 saturated carbocycles. The van der Waals surface area contributed by atoms with E-state index in [1.807, 2.05) is 0 Å². The minimum Gasteiger partial charge on any atom is -0.366 e. The fraction of sp³-hybridized carbons (Fsp3) is 0.833. The van der Waals surface area contributed by atoms with Crippen LogP contribution in [0.2, 0.25) is 0 Å². The van der Waals surface area contributed by atoms with Crippen molar-refractivity contribution >= 4 is 29.8 Å². The first-order valence-corrected chi connectivity index (χ1v) is 4.18. The Morgan fingerprint density at radius 2 is 1.89 bits per heavy atom. The van der Waals surface area contributed by atoms with Gasteiger partial charge in [0.05, 0.1) is 4.99 Å². The second-order valence-corrected chi connectivity index (χ2v) is 2.51. The van der Waals surface area contributed by atoms with E-state index < -0.39 is 0 Å². The van der Waals surface area contributed by atoms with Crippen LogP contribution in [0.15, 0.2) is 0 Å². The van der Waals surface area contributed by atoms with Gasteiger partial charge >= 0.3 is 0 Å². The van der Waals surface area contributed by atoms with E-state index in [9.17, 15) is 0 Å². The molecular weight excluding hydrogens is 150 g/mol. The van der Waals surface area contributed by atoms with Crippen LogP contribution < -0.4 is 0 Å². The Morgan fingerprint density at radius 3 is 2.00 bits per heavy atom. The molecule has 0 heterocycles. The number of thiocarbonyl (C=S) groups is 1. The van der Waals surface area contributed by atoms with Crippen molar-refractivity contribution in [3.8, 4) is 0 Å². The molecule has 1 nitrogen and oxygen atoms in total. The van der Waals surface area contributed by atoms with Crippen molar-refractivity contribution in [3.05, 3.63) is 0 Å². The second-order valence-electron chi connectivity index (χ2n) is 1.72. The molecule has 54 valence electrons. The number of nitrogens with zero attached hydrogens (tertiary/aromatic N) is 1. The largest absolute Gasteiger partial charge is 0.366 e. The van der Waals surface area contributed by atoms with E-state index >= 15 is 0 Å². The lowest BCUT2D eigenvalue weighted by Gasteiger charge is -2.19. The van der Waals surface area contributed by atoms with Crippen LogP contribution in [0.3, 0.4) is 0 Å². The highest BCUT2D eigenvalue weighted by Crippen LogP contribution is 1.92. The second kappa shape index (κ2) is 5.06. The van der Waals surface area contributed by atoms with Gasteiger partial charge in [-0.15, -0.1) is 0 Å². The summed E-state index contributed by atoms with van der Waals surface area (Å²) in [6.45, 7) is 6.18. The van der Waals surface area contributed by atoms with E-state index in [1.165, 1.54) is 0 Å². The van der Waals surface area contributed by atoms with Crippen molar-refractivity contribution < 1.29 is 0 Å². The molecule has 0 aromatic rings. The molecule has 0 bridgehead atoms. The molecule has 0 radical (unpaired) electrons. The average molecular weight is 163 g/mol. The Hall–Kier alpha value is 0.240. The monoisotopic (exact) mass is 163 g/mol. The van der Waals surface area contributed by atoms with Gasteiger partial charge in [-0.2, -0.15) is 12.6 Å². The van der Waals surface area contributed by atoms with Crippen LogP contribution in [0, 0.1) is 0 Å². The predicted octanol–water partition coefficient (Wildman–Crippen LogP) is 1.59. The molecule has 0 aliphatic carbocycles. The standard InChI is InChI=1S/C6H13NS2/c1-3-7(4-2)6(9)5-8/h8H,3-5H2,1-2H3. The van der Waals surface area contributed by atoms with Crippen molar-refractivity contribution in [1.82, 2.24) is 4.90 Å². The summed E-state index contributed by atoms with van der Waals surface area (Å²) in [5.41, 5.74) is 0. The van der Waals surface area contributed by atoms with Crippen LogP contribution in [0.1, 0.15) is 13.8 Å². The van der Waals surface area contributed by atoms with E-state index in [1.54, 1.807) is 0 Å². The Bertz CT molecular complexity index is 89.1. The number of hydrogen-bond acceptors (Lipinski definition) is 2. The van der Waals surface area contributed by atoms with Crippen LogP contribution in [0.4, 0.5) is 0 Å². The van der Waals surface area contributed by atoms with Crippen molar-refractivity contribution in [2.75, 3.05) is 18.8 Å². The molecule has 0 aromatic heterocycles. The zero-order chi connectivity index (χ0) is 7.28. The van der Waals surface area contributed by atoms with Crippen LogP contribution in [-0.4, -0.2) is 28.7 Å². The summed E-state index contributed by atoms with van der Waals surface area (Å²) < 4.78 is 0. The molecule has 0 amide bonds. The summed E-state index contributed by atoms with van der Waals surface area (Å²) in [5.74, 6) is 0.691. The predicted molar refractivity (Wildman–Crippen MR) is 49.4 cm³/mol. The zero-order valence-electron chi connectivity index (χ0n) is 5.92. The van der Waals surface area contributed by atoms with Crippen molar-refractivity contribution in [3.63, 3.8) is 0 Å². The molecular formula is C6H13NS2. The van der Waals surface area contributed by atoms with Gasteiger partial charge in [0.1, 0.15) is 0 Å². The summed E-state index contributed by atoms with van der Waals surface area (Å²) in [7, 11) is 0. The van der Waals surface area contributed by atoms with Gasteiger partial charge in [0.2, 0.25) is 0 Å². The molecule has 0 fully saturated rings. The first-order valence-electron chi connectivity index (χ1n) is 3.14. The quantitative estimate of drug-likeness (QED) is 0.497. The minimum atomic E-state index is 0.691. The Morgan fingerprint density at radius 1 is 1.44 bits per heavy atom. The summed E-state index contributed by atoms with van der Waals surface area (Å²) in [6.07, 6.45) is 0. The van der Waals surface area contributed by atoms with Crippen molar-refractivity contribution in [1.29, 1.82) is 0 Å². The third-order valence-corrected chi connectivity index (χ3v) is 2.17. The lowest BCUT2D eigenvalue weighted by molar-refractivity contribution is 0.472. The maximum atomic E-state index is 5.02. The molecule has 3 heteroatoms. The molecule has 0 atom stereocenters. The lowest BCUT2D eigenvalue weighted by Crippen LogP contribution is -2.29. The number of thiol groups is 1. The highest BCUT2D eigenvalue weighted by atomic mass is 32.1. The summed E-state index contributed by atoms with van der Waals surface area (Å²) in [4.78, 5) is 3.07. The highest BCUT2D eigenvalue weighted by Gasteiger charge is 2.00. The van der Waals surface area contributed by atoms with Crippen LogP contribution in [-0.2, 0) is 0 Å². The van der Waals surface area contributed by atoms with Gasteiger partial charge < -0.3 is 4.90 Å². The molecule has 0 rings (SSSR count). The molecule has 0 spiro atoms. The van der Waals surface area contributed by atoms with E-state index in [2.05, 4.69) is 31.4 Å².